The maximum atomic E-state index is 14.5. The van der Waals surface area contributed by atoms with Crippen LogP contribution in [0.15, 0.2) is 42.5 Å². The van der Waals surface area contributed by atoms with Crippen LogP contribution < -0.4 is 5.32 Å². The Labute approximate surface area is 146 Å². The highest BCUT2D eigenvalue weighted by molar-refractivity contribution is 6.30. The minimum absolute atomic E-state index is 0.135. The van der Waals surface area contributed by atoms with E-state index < -0.39 is 5.82 Å². The molecule has 0 aliphatic carbocycles. The third kappa shape index (κ3) is 3.60. The number of nitrogens with one attached hydrogen (secondary N) is 1. The molecule has 2 aromatic rings. The number of carbonyl (C=O) groups is 1. The second kappa shape index (κ2) is 7.32. The van der Waals surface area contributed by atoms with Crippen LogP contribution in [0.3, 0.4) is 0 Å². The van der Waals surface area contributed by atoms with Gasteiger partial charge in [-0.1, -0.05) is 29.8 Å². The number of rotatable bonds is 3. The molecule has 0 spiro atoms. The molecule has 126 valence electrons. The summed E-state index contributed by atoms with van der Waals surface area (Å²) in [5.41, 5.74) is 1.73. The Balaban J connectivity index is 1.77. The summed E-state index contributed by atoms with van der Waals surface area (Å²) in [7, 11) is 1.93. The van der Waals surface area contributed by atoms with E-state index in [4.69, 9.17) is 11.6 Å². The Morgan fingerprint density at radius 3 is 2.33 bits per heavy atom. The zero-order valence-corrected chi connectivity index (χ0v) is 14.3. The molecule has 0 aromatic heterocycles. The Bertz CT molecular complexity index is 725. The van der Waals surface area contributed by atoms with Crippen molar-refractivity contribution in [3.63, 3.8) is 0 Å². The molecule has 1 amide bonds. The predicted octanol–water partition coefficient (Wildman–Crippen LogP) is 3.97. The molecule has 1 heterocycles. The van der Waals surface area contributed by atoms with Gasteiger partial charge >= 0.3 is 0 Å². The number of halogens is 2. The van der Waals surface area contributed by atoms with Crippen LogP contribution in [0.4, 0.5) is 4.39 Å². The van der Waals surface area contributed by atoms with Crippen LogP contribution in [0.5, 0.6) is 0 Å². The maximum absolute atomic E-state index is 14.5. The first-order valence-corrected chi connectivity index (χ1v) is 8.48. The van der Waals surface area contributed by atoms with Crippen LogP contribution in [0, 0.1) is 5.82 Å². The molecule has 1 N–H and O–H groups in total. The lowest BCUT2D eigenvalue weighted by molar-refractivity contribution is 0.0702. The minimum Gasteiger partial charge on any atom is -0.338 e. The fourth-order valence-electron chi connectivity index (χ4n) is 3.05. The number of hydrogen-bond acceptors (Lipinski definition) is 2. The average Bonchev–Trinajstić information content (AvgIpc) is 2.62. The Morgan fingerprint density at radius 2 is 1.75 bits per heavy atom. The second-order valence-electron chi connectivity index (χ2n) is 6.06. The Kier molecular flexibility index (Phi) is 5.17. The summed E-state index contributed by atoms with van der Waals surface area (Å²) in [4.78, 5) is 14.3. The summed E-state index contributed by atoms with van der Waals surface area (Å²) < 4.78 is 14.5. The van der Waals surface area contributed by atoms with Crippen molar-refractivity contribution in [3.05, 3.63) is 58.9 Å². The molecule has 0 saturated carbocycles. The quantitative estimate of drug-likeness (QED) is 0.912. The fraction of sp³-hybridized carbons (Fsp3) is 0.316. The SMILES string of the molecule is CNC1CCN(C(=O)c2ccc(-c3ccc(Cl)cc3)cc2F)CC1. The van der Waals surface area contributed by atoms with Gasteiger partial charge < -0.3 is 10.2 Å². The van der Waals surface area contributed by atoms with Gasteiger partial charge in [0.15, 0.2) is 0 Å². The lowest BCUT2D eigenvalue weighted by Crippen LogP contribution is -2.44. The van der Waals surface area contributed by atoms with E-state index in [0.29, 0.717) is 24.2 Å². The molecule has 0 unspecified atom stereocenters. The normalized spacial score (nSPS) is 15.5. The van der Waals surface area contributed by atoms with E-state index in [-0.39, 0.29) is 11.5 Å². The molecule has 3 rings (SSSR count). The van der Waals surface area contributed by atoms with Gasteiger partial charge in [0.2, 0.25) is 0 Å². The summed E-state index contributed by atoms with van der Waals surface area (Å²) in [5, 5.41) is 3.86. The maximum Gasteiger partial charge on any atom is 0.256 e. The molecule has 0 atom stereocenters. The summed E-state index contributed by atoms with van der Waals surface area (Å²) in [6.07, 6.45) is 1.79. The summed E-state index contributed by atoms with van der Waals surface area (Å²) >= 11 is 5.88. The molecular formula is C19H20ClFN2O. The van der Waals surface area contributed by atoms with Crippen LogP contribution in [-0.4, -0.2) is 37.0 Å². The van der Waals surface area contributed by atoms with Gasteiger partial charge in [-0.3, -0.25) is 4.79 Å². The molecule has 1 saturated heterocycles. The van der Waals surface area contributed by atoms with Crippen molar-refractivity contribution in [2.75, 3.05) is 20.1 Å². The molecular weight excluding hydrogens is 327 g/mol. The van der Waals surface area contributed by atoms with Gasteiger partial charge in [0.25, 0.3) is 5.91 Å². The smallest absolute Gasteiger partial charge is 0.256 e. The number of amides is 1. The van der Waals surface area contributed by atoms with Crippen molar-refractivity contribution in [1.82, 2.24) is 10.2 Å². The van der Waals surface area contributed by atoms with E-state index in [1.54, 1.807) is 29.2 Å². The standard InChI is InChI=1S/C19H20ClFN2O/c1-22-16-8-10-23(11-9-16)19(24)17-7-4-14(12-18(17)21)13-2-5-15(20)6-3-13/h2-7,12,16,22H,8-11H2,1H3. The summed E-state index contributed by atoms with van der Waals surface area (Å²) in [5.74, 6) is -0.715. The van der Waals surface area contributed by atoms with E-state index in [9.17, 15) is 9.18 Å². The third-order valence-electron chi connectivity index (χ3n) is 4.57. The Morgan fingerprint density at radius 1 is 1.12 bits per heavy atom. The summed E-state index contributed by atoms with van der Waals surface area (Å²) in [6.45, 7) is 1.31. The van der Waals surface area contributed by atoms with Crippen LogP contribution >= 0.6 is 11.6 Å². The van der Waals surface area contributed by atoms with Crippen molar-refractivity contribution >= 4 is 17.5 Å². The zero-order valence-electron chi connectivity index (χ0n) is 13.6. The zero-order chi connectivity index (χ0) is 17.1. The van der Waals surface area contributed by atoms with E-state index in [1.165, 1.54) is 6.07 Å². The van der Waals surface area contributed by atoms with Gasteiger partial charge in [0.1, 0.15) is 5.82 Å². The number of likely N-dealkylation sites (tertiary alicyclic amines) is 1. The molecule has 24 heavy (non-hydrogen) atoms. The molecule has 3 nitrogen and oxygen atoms in total. The van der Waals surface area contributed by atoms with Gasteiger partial charge in [0, 0.05) is 24.2 Å². The van der Waals surface area contributed by atoms with Gasteiger partial charge in [-0.05, 0) is 55.3 Å². The summed E-state index contributed by atoms with van der Waals surface area (Å²) in [6, 6.07) is 12.4. The number of hydrogen-bond donors (Lipinski definition) is 1. The molecule has 1 fully saturated rings. The van der Waals surface area contributed by atoms with Crippen molar-refractivity contribution in [1.29, 1.82) is 0 Å². The second-order valence-corrected chi connectivity index (χ2v) is 6.49. The van der Waals surface area contributed by atoms with Crippen molar-refractivity contribution in [2.45, 2.75) is 18.9 Å². The van der Waals surface area contributed by atoms with Crippen molar-refractivity contribution in [3.8, 4) is 11.1 Å². The largest absolute Gasteiger partial charge is 0.338 e. The van der Waals surface area contributed by atoms with Gasteiger partial charge in [-0.25, -0.2) is 4.39 Å². The molecule has 1 aliphatic rings. The van der Waals surface area contributed by atoms with Gasteiger partial charge in [-0.15, -0.1) is 0 Å². The Hall–Kier alpha value is -1.91. The number of benzene rings is 2. The lowest BCUT2D eigenvalue weighted by Gasteiger charge is -2.32. The number of piperidine rings is 1. The highest BCUT2D eigenvalue weighted by Crippen LogP contribution is 2.25. The molecule has 0 bridgehead atoms. The monoisotopic (exact) mass is 346 g/mol. The first-order chi connectivity index (χ1) is 11.6. The van der Waals surface area contributed by atoms with E-state index in [2.05, 4.69) is 5.32 Å². The first kappa shape index (κ1) is 16.9. The minimum atomic E-state index is -0.483. The van der Waals surface area contributed by atoms with Crippen molar-refractivity contribution < 1.29 is 9.18 Å². The van der Waals surface area contributed by atoms with E-state index in [0.717, 1.165) is 24.0 Å². The van der Waals surface area contributed by atoms with Crippen molar-refractivity contribution in [2.24, 2.45) is 0 Å². The fourth-order valence-corrected chi connectivity index (χ4v) is 3.18. The van der Waals surface area contributed by atoms with Crippen LogP contribution in [0.1, 0.15) is 23.2 Å². The van der Waals surface area contributed by atoms with Crippen LogP contribution in [-0.2, 0) is 0 Å². The first-order valence-electron chi connectivity index (χ1n) is 8.10. The van der Waals surface area contributed by atoms with Crippen LogP contribution in [0.25, 0.3) is 11.1 Å². The van der Waals surface area contributed by atoms with Gasteiger partial charge in [-0.2, -0.15) is 0 Å². The highest BCUT2D eigenvalue weighted by Gasteiger charge is 2.24. The lowest BCUT2D eigenvalue weighted by atomic mass is 10.0. The highest BCUT2D eigenvalue weighted by atomic mass is 35.5. The molecule has 1 aliphatic heterocycles. The topological polar surface area (TPSA) is 32.3 Å². The average molecular weight is 347 g/mol. The molecule has 5 heteroatoms. The number of nitrogens with zero attached hydrogens (tertiary/aromatic N) is 1. The van der Waals surface area contributed by atoms with Crippen LogP contribution in [0.2, 0.25) is 5.02 Å². The molecule has 2 aromatic carbocycles. The van der Waals surface area contributed by atoms with Gasteiger partial charge in [0.05, 0.1) is 5.56 Å². The predicted molar refractivity (Wildman–Crippen MR) is 94.8 cm³/mol. The third-order valence-corrected chi connectivity index (χ3v) is 4.82. The number of carbonyl (C=O) groups excluding carboxylic acids is 1. The molecule has 0 radical (unpaired) electrons. The van der Waals surface area contributed by atoms with E-state index in [1.807, 2.05) is 19.2 Å². The van der Waals surface area contributed by atoms with E-state index >= 15 is 0 Å².